The highest BCUT2D eigenvalue weighted by Gasteiger charge is 2.32. The van der Waals surface area contributed by atoms with E-state index in [4.69, 9.17) is 9.73 Å². The molecule has 2 aliphatic heterocycles. The molecule has 0 amide bonds. The first-order chi connectivity index (χ1) is 7.92. The number of fused-ring (bicyclic) bond motifs is 1. The van der Waals surface area contributed by atoms with Crippen LogP contribution in [0, 0.1) is 11.8 Å². The third kappa shape index (κ3) is 2.38. The predicted molar refractivity (Wildman–Crippen MR) is 68.0 cm³/mol. The maximum atomic E-state index is 5.37. The van der Waals surface area contributed by atoms with Gasteiger partial charge in [0.25, 0.3) is 0 Å². The van der Waals surface area contributed by atoms with Crippen LogP contribution in [0.4, 0.5) is 0 Å². The summed E-state index contributed by atoms with van der Waals surface area (Å²) in [5.41, 5.74) is 0. The van der Waals surface area contributed by atoms with E-state index in [9.17, 15) is 0 Å². The van der Waals surface area contributed by atoms with E-state index >= 15 is 0 Å². The predicted octanol–water partition coefficient (Wildman–Crippen LogP) is 1.88. The van der Waals surface area contributed by atoms with Crippen molar-refractivity contribution in [3.05, 3.63) is 0 Å². The topological polar surface area (TPSA) is 33.6 Å². The summed E-state index contributed by atoms with van der Waals surface area (Å²) < 4.78 is 5.37. The molecule has 3 atom stereocenters. The van der Waals surface area contributed by atoms with Gasteiger partial charge in [0.2, 0.25) is 0 Å². The standard InChI is InChI=1S/C12H20N2OS/c1-2-10-8-16-12(14-11(10)3-1)13-6-9-4-5-15-7-9/h9-11H,1-8H2,(H,13,14). The lowest BCUT2D eigenvalue weighted by Gasteiger charge is -2.28. The fourth-order valence-electron chi connectivity index (χ4n) is 2.84. The molecule has 0 aromatic heterocycles. The molecule has 0 bridgehead atoms. The summed E-state index contributed by atoms with van der Waals surface area (Å²) in [6.07, 6.45) is 5.34. The molecule has 1 aliphatic carbocycles. The van der Waals surface area contributed by atoms with Gasteiger partial charge in [-0.2, -0.15) is 0 Å². The van der Waals surface area contributed by atoms with Gasteiger partial charge in [-0.3, -0.25) is 4.99 Å². The Kier molecular flexibility index (Phi) is 3.38. The third-order valence-electron chi connectivity index (χ3n) is 3.92. The quantitative estimate of drug-likeness (QED) is 0.800. The first-order valence-electron chi connectivity index (χ1n) is 6.43. The number of ether oxygens (including phenoxy) is 1. The van der Waals surface area contributed by atoms with E-state index < -0.39 is 0 Å². The number of aliphatic imine (C=N–C) groups is 1. The highest BCUT2D eigenvalue weighted by molar-refractivity contribution is 8.13. The molecular weight excluding hydrogens is 220 g/mol. The van der Waals surface area contributed by atoms with Crippen molar-refractivity contribution in [2.24, 2.45) is 16.8 Å². The Labute approximate surface area is 101 Å². The zero-order chi connectivity index (χ0) is 10.8. The summed E-state index contributed by atoms with van der Waals surface area (Å²) in [6.45, 7) is 2.79. The van der Waals surface area contributed by atoms with Gasteiger partial charge in [0, 0.05) is 30.9 Å². The van der Waals surface area contributed by atoms with Crippen LogP contribution in [0.5, 0.6) is 0 Å². The van der Waals surface area contributed by atoms with Crippen molar-refractivity contribution in [1.29, 1.82) is 0 Å². The second kappa shape index (κ2) is 4.96. The second-order valence-corrected chi connectivity index (χ2v) is 6.14. The molecule has 2 saturated heterocycles. The zero-order valence-electron chi connectivity index (χ0n) is 9.65. The van der Waals surface area contributed by atoms with E-state index in [-0.39, 0.29) is 0 Å². The number of rotatable bonds is 2. The highest BCUT2D eigenvalue weighted by atomic mass is 32.2. The first-order valence-corrected chi connectivity index (χ1v) is 7.42. The second-order valence-electron chi connectivity index (χ2n) is 5.13. The van der Waals surface area contributed by atoms with Crippen molar-refractivity contribution in [2.75, 3.05) is 25.5 Å². The molecule has 1 saturated carbocycles. The van der Waals surface area contributed by atoms with E-state index in [0.717, 1.165) is 31.7 Å². The van der Waals surface area contributed by atoms with Crippen molar-refractivity contribution in [3.8, 4) is 0 Å². The number of amidine groups is 1. The molecule has 90 valence electrons. The Morgan fingerprint density at radius 1 is 1.38 bits per heavy atom. The van der Waals surface area contributed by atoms with Crippen molar-refractivity contribution in [1.82, 2.24) is 5.32 Å². The van der Waals surface area contributed by atoms with Crippen LogP contribution in [0.25, 0.3) is 0 Å². The third-order valence-corrected chi connectivity index (χ3v) is 5.03. The minimum Gasteiger partial charge on any atom is -0.381 e. The average molecular weight is 240 g/mol. The van der Waals surface area contributed by atoms with Crippen LogP contribution < -0.4 is 5.32 Å². The Morgan fingerprint density at radius 3 is 3.25 bits per heavy atom. The first kappa shape index (κ1) is 10.9. The van der Waals surface area contributed by atoms with Crippen molar-refractivity contribution in [3.63, 3.8) is 0 Å². The Morgan fingerprint density at radius 2 is 2.38 bits per heavy atom. The average Bonchev–Trinajstić information content (AvgIpc) is 2.97. The van der Waals surface area contributed by atoms with Gasteiger partial charge in [0.05, 0.1) is 6.61 Å². The van der Waals surface area contributed by atoms with E-state index in [1.165, 1.54) is 36.6 Å². The minimum atomic E-state index is 0.663. The molecule has 2 heterocycles. The molecule has 0 aromatic rings. The number of hydrogen-bond donors (Lipinski definition) is 1. The molecule has 3 fully saturated rings. The van der Waals surface area contributed by atoms with Crippen LogP contribution in [-0.2, 0) is 4.74 Å². The van der Waals surface area contributed by atoms with Gasteiger partial charge in [-0.25, -0.2) is 0 Å². The molecule has 1 N–H and O–H groups in total. The smallest absolute Gasteiger partial charge is 0.156 e. The van der Waals surface area contributed by atoms with Crippen LogP contribution in [0.1, 0.15) is 25.7 Å². The molecule has 0 spiro atoms. The fourth-order valence-corrected chi connectivity index (χ4v) is 4.01. The molecule has 3 nitrogen and oxygen atoms in total. The molecular formula is C12H20N2OS. The van der Waals surface area contributed by atoms with E-state index in [2.05, 4.69) is 5.32 Å². The number of thioether (sulfide) groups is 1. The molecule has 3 rings (SSSR count). The van der Waals surface area contributed by atoms with Crippen molar-refractivity contribution < 1.29 is 4.74 Å². The Balaban J connectivity index is 1.52. The largest absolute Gasteiger partial charge is 0.381 e. The summed E-state index contributed by atoms with van der Waals surface area (Å²) in [5.74, 6) is 2.84. The maximum Gasteiger partial charge on any atom is 0.156 e. The Hall–Kier alpha value is -0.220. The SMILES string of the molecule is C1CC2CSC(=NCC3CCOC3)NC2C1. The zero-order valence-corrected chi connectivity index (χ0v) is 10.5. The van der Waals surface area contributed by atoms with Crippen molar-refractivity contribution in [2.45, 2.75) is 31.7 Å². The Bertz CT molecular complexity index is 276. The summed E-state index contributed by atoms with van der Waals surface area (Å²) >= 11 is 1.92. The molecule has 0 aromatic carbocycles. The van der Waals surface area contributed by atoms with E-state index in [1.807, 2.05) is 11.8 Å². The normalized spacial score (nSPS) is 41.0. The van der Waals surface area contributed by atoms with Crippen molar-refractivity contribution >= 4 is 16.9 Å². The maximum absolute atomic E-state index is 5.37. The van der Waals surface area contributed by atoms with Gasteiger partial charge in [-0.15, -0.1) is 0 Å². The number of nitrogens with one attached hydrogen (secondary N) is 1. The van der Waals surface area contributed by atoms with Gasteiger partial charge in [-0.05, 0) is 25.2 Å². The summed E-state index contributed by atoms with van der Waals surface area (Å²) in [6, 6.07) is 0.722. The molecule has 16 heavy (non-hydrogen) atoms. The molecule has 4 heteroatoms. The van der Waals surface area contributed by atoms with Gasteiger partial charge in [-0.1, -0.05) is 18.2 Å². The van der Waals surface area contributed by atoms with E-state index in [1.54, 1.807) is 0 Å². The summed E-state index contributed by atoms with van der Waals surface area (Å²) in [4.78, 5) is 4.71. The highest BCUT2D eigenvalue weighted by Crippen LogP contribution is 2.32. The molecule has 3 unspecified atom stereocenters. The minimum absolute atomic E-state index is 0.663. The van der Waals surface area contributed by atoms with Crippen LogP contribution in [0.3, 0.4) is 0 Å². The van der Waals surface area contributed by atoms with Crippen LogP contribution in [-0.4, -0.2) is 36.7 Å². The van der Waals surface area contributed by atoms with E-state index in [0.29, 0.717) is 5.92 Å². The van der Waals surface area contributed by atoms with Crippen LogP contribution >= 0.6 is 11.8 Å². The lowest BCUT2D eigenvalue weighted by atomic mass is 10.1. The number of hydrogen-bond acceptors (Lipinski definition) is 3. The van der Waals surface area contributed by atoms with Gasteiger partial charge in [0.15, 0.2) is 5.17 Å². The summed E-state index contributed by atoms with van der Waals surface area (Å²) in [5, 5.41) is 4.80. The fraction of sp³-hybridized carbons (Fsp3) is 0.917. The monoisotopic (exact) mass is 240 g/mol. The lowest BCUT2D eigenvalue weighted by molar-refractivity contribution is 0.187. The van der Waals surface area contributed by atoms with Crippen LogP contribution in [0.15, 0.2) is 4.99 Å². The van der Waals surface area contributed by atoms with Gasteiger partial charge >= 0.3 is 0 Å². The summed E-state index contributed by atoms with van der Waals surface area (Å²) in [7, 11) is 0. The molecule has 0 radical (unpaired) electrons. The van der Waals surface area contributed by atoms with Gasteiger partial charge < -0.3 is 10.1 Å². The van der Waals surface area contributed by atoms with Crippen LogP contribution in [0.2, 0.25) is 0 Å². The molecule has 3 aliphatic rings. The van der Waals surface area contributed by atoms with Gasteiger partial charge in [0.1, 0.15) is 0 Å². The number of nitrogens with zero attached hydrogens (tertiary/aromatic N) is 1. The lowest BCUT2D eigenvalue weighted by Crippen LogP contribution is -2.41.